The first-order valence-electron chi connectivity index (χ1n) is 10.4. The molecule has 4 aromatic heterocycles. The zero-order valence-corrected chi connectivity index (χ0v) is 17.6. The maximum Gasteiger partial charge on any atom is 0.272 e. The van der Waals surface area contributed by atoms with Crippen molar-refractivity contribution in [2.45, 2.75) is 26.3 Å². The maximum atomic E-state index is 4.85. The molecule has 0 spiro atoms. The highest BCUT2D eigenvalue weighted by Gasteiger charge is 2.29. The van der Waals surface area contributed by atoms with Crippen molar-refractivity contribution in [3.8, 4) is 22.8 Å². The molecule has 6 rings (SSSR count). The van der Waals surface area contributed by atoms with E-state index in [1.54, 1.807) is 23.1 Å². The van der Waals surface area contributed by atoms with E-state index < -0.39 is 0 Å². The van der Waals surface area contributed by atoms with Gasteiger partial charge in [0, 0.05) is 35.9 Å². The monoisotopic (exact) mass is 421 g/mol. The second-order valence-corrected chi connectivity index (χ2v) is 7.81. The minimum Gasteiger partial charge on any atom is -0.307 e. The number of para-hydroxylation sites is 1. The van der Waals surface area contributed by atoms with Crippen molar-refractivity contribution in [1.29, 1.82) is 0 Å². The number of anilines is 2. The van der Waals surface area contributed by atoms with Crippen LogP contribution >= 0.6 is 0 Å². The lowest BCUT2D eigenvalue weighted by atomic mass is 10.1. The summed E-state index contributed by atoms with van der Waals surface area (Å²) in [6.45, 7) is 4.13. The summed E-state index contributed by atoms with van der Waals surface area (Å²) in [6.07, 6.45) is 6.15. The number of pyridine rings is 1. The Kier molecular flexibility index (Phi) is 4.14. The van der Waals surface area contributed by atoms with Crippen LogP contribution in [0.4, 0.5) is 11.6 Å². The van der Waals surface area contributed by atoms with Crippen LogP contribution in [0.15, 0.2) is 61.1 Å². The van der Waals surface area contributed by atoms with Crippen molar-refractivity contribution < 1.29 is 0 Å². The molecule has 0 bridgehead atoms. The van der Waals surface area contributed by atoms with Crippen LogP contribution in [0.5, 0.6) is 0 Å². The second-order valence-electron chi connectivity index (χ2n) is 7.81. The Morgan fingerprint density at radius 3 is 2.66 bits per heavy atom. The molecule has 9 nitrogen and oxygen atoms in total. The van der Waals surface area contributed by atoms with Gasteiger partial charge in [-0.15, -0.1) is 15.3 Å². The molecule has 5 heterocycles. The summed E-state index contributed by atoms with van der Waals surface area (Å²) in [5, 5.41) is 13.3. The lowest BCUT2D eigenvalue weighted by molar-refractivity contribution is 0.739. The van der Waals surface area contributed by atoms with Crippen molar-refractivity contribution in [3.63, 3.8) is 0 Å². The molecular formula is C23H19N9. The van der Waals surface area contributed by atoms with Crippen molar-refractivity contribution in [1.82, 2.24) is 39.7 Å². The quantitative estimate of drug-likeness (QED) is 0.437. The summed E-state index contributed by atoms with van der Waals surface area (Å²) in [5.74, 6) is 1.67. The Balaban J connectivity index is 1.43. The summed E-state index contributed by atoms with van der Waals surface area (Å²) < 4.78 is 1.70. The molecule has 0 N–H and O–H groups in total. The molecular weight excluding hydrogens is 402 g/mol. The molecule has 1 aromatic carbocycles. The third kappa shape index (κ3) is 2.89. The molecule has 1 aliphatic heterocycles. The Labute approximate surface area is 183 Å². The maximum absolute atomic E-state index is 4.85. The predicted octanol–water partition coefficient (Wildman–Crippen LogP) is 3.43. The average Bonchev–Trinajstić information content (AvgIpc) is 3.41. The van der Waals surface area contributed by atoms with Gasteiger partial charge >= 0.3 is 0 Å². The number of hydrogen-bond acceptors (Lipinski definition) is 8. The van der Waals surface area contributed by atoms with Crippen LogP contribution in [0.2, 0.25) is 0 Å². The normalized spacial score (nSPS) is 15.3. The fourth-order valence-corrected chi connectivity index (χ4v) is 4.19. The van der Waals surface area contributed by atoms with Gasteiger partial charge in [-0.05, 0) is 50.1 Å². The number of fused-ring (bicyclic) bond motifs is 2. The Bertz CT molecular complexity index is 1440. The van der Waals surface area contributed by atoms with E-state index in [1.165, 1.54) is 5.56 Å². The SMILES string of the molecule is Cc1c(-c2ccnc(N3c4ccccc4CC3C)n2)nnc2nc(-c3ccncc3)nn12. The minimum atomic E-state index is 0.274. The highest BCUT2D eigenvalue weighted by molar-refractivity contribution is 5.69. The number of aromatic nitrogens is 8. The minimum absolute atomic E-state index is 0.274. The molecule has 0 amide bonds. The van der Waals surface area contributed by atoms with E-state index in [-0.39, 0.29) is 6.04 Å². The summed E-state index contributed by atoms with van der Waals surface area (Å²) in [6, 6.07) is 14.2. The third-order valence-corrected chi connectivity index (χ3v) is 5.74. The lowest BCUT2D eigenvalue weighted by Gasteiger charge is -2.22. The van der Waals surface area contributed by atoms with E-state index in [1.807, 2.05) is 31.2 Å². The van der Waals surface area contributed by atoms with Gasteiger partial charge in [0.05, 0.1) is 11.4 Å². The van der Waals surface area contributed by atoms with Crippen LogP contribution in [-0.2, 0) is 6.42 Å². The van der Waals surface area contributed by atoms with Crippen molar-refractivity contribution in [2.24, 2.45) is 0 Å². The van der Waals surface area contributed by atoms with Crippen molar-refractivity contribution in [3.05, 3.63) is 72.3 Å². The Morgan fingerprint density at radius 2 is 1.78 bits per heavy atom. The summed E-state index contributed by atoms with van der Waals surface area (Å²) in [4.78, 5) is 20.1. The molecule has 156 valence electrons. The molecule has 0 fully saturated rings. The largest absolute Gasteiger partial charge is 0.307 e. The van der Waals surface area contributed by atoms with Gasteiger partial charge in [0.25, 0.3) is 5.78 Å². The molecule has 0 saturated heterocycles. The third-order valence-electron chi connectivity index (χ3n) is 5.74. The Hall–Kier alpha value is -4.27. The van der Waals surface area contributed by atoms with Crippen LogP contribution in [0.3, 0.4) is 0 Å². The van der Waals surface area contributed by atoms with Gasteiger partial charge < -0.3 is 4.90 Å². The molecule has 1 aliphatic rings. The standard InChI is InChI=1S/C23H19N9/c1-14-13-17-5-3-4-6-19(17)31(14)22-25-12-9-18(26-22)20-15(2)32-23(29-28-20)27-21(30-32)16-7-10-24-11-8-16/h3-12,14H,13H2,1-2H3. The molecule has 0 aliphatic carbocycles. The van der Waals surface area contributed by atoms with Crippen LogP contribution < -0.4 is 4.90 Å². The lowest BCUT2D eigenvalue weighted by Crippen LogP contribution is -2.26. The van der Waals surface area contributed by atoms with Gasteiger partial charge in [-0.25, -0.2) is 9.97 Å². The topological polar surface area (TPSA) is 97.9 Å². The first kappa shape index (κ1) is 18.5. The number of benzene rings is 1. The predicted molar refractivity (Wildman–Crippen MR) is 119 cm³/mol. The molecule has 1 atom stereocenters. The highest BCUT2D eigenvalue weighted by Crippen LogP contribution is 2.36. The van der Waals surface area contributed by atoms with E-state index in [4.69, 9.17) is 4.98 Å². The zero-order chi connectivity index (χ0) is 21.7. The highest BCUT2D eigenvalue weighted by atomic mass is 15.4. The number of nitrogens with zero attached hydrogens (tertiary/aromatic N) is 9. The Morgan fingerprint density at radius 1 is 0.938 bits per heavy atom. The van der Waals surface area contributed by atoms with E-state index in [0.29, 0.717) is 28.9 Å². The van der Waals surface area contributed by atoms with Gasteiger partial charge in [-0.2, -0.15) is 9.50 Å². The molecule has 0 radical (unpaired) electrons. The van der Waals surface area contributed by atoms with Crippen LogP contribution in [-0.4, -0.2) is 45.8 Å². The first-order chi connectivity index (χ1) is 15.7. The fraction of sp³-hybridized carbons (Fsp3) is 0.174. The van der Waals surface area contributed by atoms with Crippen LogP contribution in [0.25, 0.3) is 28.6 Å². The van der Waals surface area contributed by atoms with E-state index in [9.17, 15) is 0 Å². The van der Waals surface area contributed by atoms with Crippen molar-refractivity contribution in [2.75, 3.05) is 4.90 Å². The van der Waals surface area contributed by atoms with Gasteiger partial charge in [0.15, 0.2) is 5.82 Å². The zero-order valence-electron chi connectivity index (χ0n) is 17.6. The first-order valence-corrected chi connectivity index (χ1v) is 10.4. The molecule has 1 unspecified atom stereocenters. The number of rotatable bonds is 3. The second kappa shape index (κ2) is 7.16. The number of hydrogen-bond donors (Lipinski definition) is 0. The van der Waals surface area contributed by atoms with Gasteiger partial charge in [0.2, 0.25) is 5.95 Å². The van der Waals surface area contributed by atoms with Crippen LogP contribution in [0.1, 0.15) is 18.2 Å². The molecule has 32 heavy (non-hydrogen) atoms. The fourth-order valence-electron chi connectivity index (χ4n) is 4.19. The average molecular weight is 421 g/mol. The van der Waals surface area contributed by atoms with Gasteiger partial charge in [-0.3, -0.25) is 4.98 Å². The van der Waals surface area contributed by atoms with E-state index >= 15 is 0 Å². The van der Waals surface area contributed by atoms with Gasteiger partial charge in [-0.1, -0.05) is 18.2 Å². The molecule has 9 heteroatoms. The van der Waals surface area contributed by atoms with E-state index in [2.05, 4.69) is 60.3 Å². The van der Waals surface area contributed by atoms with E-state index in [0.717, 1.165) is 23.4 Å². The summed E-state index contributed by atoms with van der Waals surface area (Å²) in [7, 11) is 0. The summed E-state index contributed by atoms with van der Waals surface area (Å²) in [5.41, 5.74) is 5.47. The van der Waals surface area contributed by atoms with Crippen LogP contribution in [0, 0.1) is 6.92 Å². The van der Waals surface area contributed by atoms with Crippen molar-refractivity contribution >= 4 is 17.4 Å². The number of aryl methyl sites for hydroxylation is 1. The molecule has 5 aromatic rings. The summed E-state index contributed by atoms with van der Waals surface area (Å²) >= 11 is 0. The smallest absolute Gasteiger partial charge is 0.272 e. The molecule has 0 saturated carbocycles. The van der Waals surface area contributed by atoms with Gasteiger partial charge in [0.1, 0.15) is 5.69 Å².